The molecule has 0 saturated carbocycles. The highest BCUT2D eigenvalue weighted by molar-refractivity contribution is 5.73. The largest absolute Gasteiger partial charge is 0.480 e. The van der Waals surface area contributed by atoms with Crippen LogP contribution in [0, 0.1) is 0 Å². The summed E-state index contributed by atoms with van der Waals surface area (Å²) in [7, 11) is 0. The Balaban J connectivity index is 1.98. The molecule has 1 saturated heterocycles. The molecule has 6 nitrogen and oxygen atoms in total. The van der Waals surface area contributed by atoms with Crippen LogP contribution >= 0.6 is 0 Å². The molecule has 0 aromatic carbocycles. The quantitative estimate of drug-likeness (QED) is 0.803. The molecule has 2 heterocycles. The van der Waals surface area contributed by atoms with E-state index in [4.69, 9.17) is 5.11 Å². The number of rotatable bonds is 4. The average Bonchev–Trinajstić information content (AvgIpc) is 2.86. The number of carboxylic acid groups (broad SMARTS) is 1. The Morgan fingerprint density at radius 3 is 3.00 bits per heavy atom. The highest BCUT2D eigenvalue weighted by atomic mass is 16.4. The summed E-state index contributed by atoms with van der Waals surface area (Å²) in [4.78, 5) is 15.1. The number of aliphatic carboxylic acids is 1. The fourth-order valence-corrected chi connectivity index (χ4v) is 2.25. The van der Waals surface area contributed by atoms with Crippen molar-refractivity contribution in [3.8, 4) is 0 Å². The number of aromatic nitrogens is 3. The maximum Gasteiger partial charge on any atom is 0.320 e. The van der Waals surface area contributed by atoms with E-state index in [2.05, 4.69) is 29.2 Å². The molecule has 17 heavy (non-hydrogen) atoms. The van der Waals surface area contributed by atoms with Crippen LogP contribution in [-0.2, 0) is 11.2 Å². The minimum Gasteiger partial charge on any atom is -0.480 e. The number of hydrogen-bond acceptors (Lipinski definition) is 4. The Labute approximate surface area is 100 Å². The Morgan fingerprint density at radius 1 is 1.65 bits per heavy atom. The molecular weight excluding hydrogens is 220 g/mol. The van der Waals surface area contributed by atoms with Gasteiger partial charge in [0.25, 0.3) is 0 Å². The number of nitrogens with one attached hydrogen (secondary N) is 1. The smallest absolute Gasteiger partial charge is 0.320 e. The van der Waals surface area contributed by atoms with Crippen molar-refractivity contribution in [2.45, 2.75) is 51.2 Å². The first kappa shape index (κ1) is 12.0. The van der Waals surface area contributed by atoms with Gasteiger partial charge in [0.2, 0.25) is 0 Å². The van der Waals surface area contributed by atoms with Crippen molar-refractivity contribution in [1.82, 2.24) is 20.1 Å². The number of hydrogen-bond donors (Lipinski definition) is 2. The van der Waals surface area contributed by atoms with Crippen molar-refractivity contribution in [2.75, 3.05) is 0 Å². The highest BCUT2D eigenvalue weighted by Crippen LogP contribution is 2.17. The van der Waals surface area contributed by atoms with Crippen LogP contribution in [0.2, 0.25) is 0 Å². The number of carboxylic acids is 1. The summed E-state index contributed by atoms with van der Waals surface area (Å²) in [6, 6.07) is 0.0670. The van der Waals surface area contributed by atoms with Gasteiger partial charge in [-0.15, -0.1) is 0 Å². The monoisotopic (exact) mass is 238 g/mol. The Hall–Kier alpha value is -1.43. The lowest BCUT2D eigenvalue weighted by Crippen LogP contribution is -2.36. The Morgan fingerprint density at radius 2 is 2.41 bits per heavy atom. The molecule has 2 atom stereocenters. The summed E-state index contributed by atoms with van der Waals surface area (Å²) in [5.74, 6) is 0.154. The molecule has 6 heteroatoms. The molecule has 1 aromatic heterocycles. The highest BCUT2D eigenvalue weighted by Gasteiger charge is 2.29. The first-order valence-electron chi connectivity index (χ1n) is 5.95. The first-order chi connectivity index (χ1) is 8.08. The fourth-order valence-electron chi connectivity index (χ4n) is 2.25. The van der Waals surface area contributed by atoms with Crippen molar-refractivity contribution in [2.24, 2.45) is 0 Å². The fraction of sp³-hybridized carbons (Fsp3) is 0.727. The molecule has 0 amide bonds. The number of nitrogens with zero attached hydrogens (tertiary/aromatic N) is 3. The second-order valence-corrected chi connectivity index (χ2v) is 4.75. The van der Waals surface area contributed by atoms with Crippen molar-refractivity contribution < 1.29 is 9.90 Å². The van der Waals surface area contributed by atoms with Crippen LogP contribution in [0.3, 0.4) is 0 Å². The first-order valence-corrected chi connectivity index (χ1v) is 5.95. The molecule has 0 spiro atoms. The SMILES string of the molecule is CC(C)n1ncnc1CC1CCC(C(=O)O)N1. The molecule has 2 rings (SSSR count). The van der Waals surface area contributed by atoms with Gasteiger partial charge in [-0.2, -0.15) is 5.10 Å². The molecule has 2 N–H and O–H groups in total. The summed E-state index contributed by atoms with van der Waals surface area (Å²) in [6.07, 6.45) is 3.86. The van der Waals surface area contributed by atoms with E-state index in [1.807, 2.05) is 4.68 Å². The van der Waals surface area contributed by atoms with Gasteiger partial charge < -0.3 is 10.4 Å². The van der Waals surface area contributed by atoms with E-state index < -0.39 is 12.0 Å². The molecule has 1 aliphatic heterocycles. The third-order valence-electron chi connectivity index (χ3n) is 3.10. The zero-order chi connectivity index (χ0) is 12.4. The van der Waals surface area contributed by atoms with Crippen molar-refractivity contribution in [1.29, 1.82) is 0 Å². The van der Waals surface area contributed by atoms with Gasteiger partial charge in [0.15, 0.2) is 0 Å². The lowest BCUT2D eigenvalue weighted by atomic mass is 10.1. The summed E-state index contributed by atoms with van der Waals surface area (Å²) in [5.41, 5.74) is 0. The molecule has 1 aromatic rings. The van der Waals surface area contributed by atoms with Crippen molar-refractivity contribution >= 4 is 5.97 Å². The van der Waals surface area contributed by atoms with Gasteiger partial charge in [0, 0.05) is 18.5 Å². The molecule has 2 unspecified atom stereocenters. The van der Waals surface area contributed by atoms with Crippen LogP contribution in [0.25, 0.3) is 0 Å². The lowest BCUT2D eigenvalue weighted by Gasteiger charge is -2.14. The van der Waals surface area contributed by atoms with E-state index in [1.165, 1.54) is 0 Å². The lowest BCUT2D eigenvalue weighted by molar-refractivity contribution is -0.139. The molecule has 0 bridgehead atoms. The van der Waals surface area contributed by atoms with Crippen LogP contribution in [-0.4, -0.2) is 37.9 Å². The van der Waals surface area contributed by atoms with Gasteiger partial charge >= 0.3 is 5.97 Å². The van der Waals surface area contributed by atoms with Gasteiger partial charge in [-0.3, -0.25) is 4.79 Å². The Bertz CT molecular complexity index is 402. The predicted octanol–water partition coefficient (Wildman–Crippen LogP) is 0.607. The van der Waals surface area contributed by atoms with E-state index in [0.29, 0.717) is 6.42 Å². The zero-order valence-corrected chi connectivity index (χ0v) is 10.1. The van der Waals surface area contributed by atoms with Crippen LogP contribution < -0.4 is 5.32 Å². The summed E-state index contributed by atoms with van der Waals surface area (Å²) >= 11 is 0. The topological polar surface area (TPSA) is 80.0 Å². The van der Waals surface area contributed by atoms with Crippen molar-refractivity contribution in [3.63, 3.8) is 0 Å². The van der Waals surface area contributed by atoms with E-state index in [0.717, 1.165) is 18.7 Å². The molecule has 94 valence electrons. The zero-order valence-electron chi connectivity index (χ0n) is 10.1. The van der Waals surface area contributed by atoms with Crippen LogP contribution in [0.5, 0.6) is 0 Å². The molecule has 0 aliphatic carbocycles. The minimum atomic E-state index is -0.766. The maximum absolute atomic E-state index is 10.8. The molecule has 1 fully saturated rings. The maximum atomic E-state index is 10.8. The predicted molar refractivity (Wildman–Crippen MR) is 61.7 cm³/mol. The molecular formula is C11H18N4O2. The standard InChI is InChI=1S/C11H18N4O2/c1-7(2)15-10(12-6-13-15)5-8-3-4-9(14-8)11(16)17/h6-9,14H,3-5H2,1-2H3,(H,16,17). The summed E-state index contributed by atoms with van der Waals surface area (Å²) < 4.78 is 1.88. The summed E-state index contributed by atoms with van der Waals surface area (Å²) in [6.45, 7) is 4.11. The van der Waals surface area contributed by atoms with E-state index in [-0.39, 0.29) is 12.1 Å². The van der Waals surface area contributed by atoms with Gasteiger partial charge in [0.05, 0.1) is 0 Å². The van der Waals surface area contributed by atoms with Gasteiger partial charge in [-0.1, -0.05) is 0 Å². The molecule has 0 radical (unpaired) electrons. The van der Waals surface area contributed by atoms with Crippen LogP contribution in [0.15, 0.2) is 6.33 Å². The third kappa shape index (κ3) is 2.63. The normalized spacial score (nSPS) is 24.4. The van der Waals surface area contributed by atoms with E-state index in [9.17, 15) is 4.79 Å². The van der Waals surface area contributed by atoms with E-state index in [1.54, 1.807) is 6.33 Å². The second-order valence-electron chi connectivity index (χ2n) is 4.75. The van der Waals surface area contributed by atoms with Gasteiger partial charge in [0.1, 0.15) is 18.2 Å². The number of carbonyl (C=O) groups is 1. The van der Waals surface area contributed by atoms with Crippen molar-refractivity contribution in [3.05, 3.63) is 12.2 Å². The minimum absolute atomic E-state index is 0.192. The van der Waals surface area contributed by atoms with Gasteiger partial charge in [-0.25, -0.2) is 9.67 Å². The second kappa shape index (κ2) is 4.83. The summed E-state index contributed by atoms with van der Waals surface area (Å²) in [5, 5.41) is 16.2. The average molecular weight is 238 g/mol. The van der Waals surface area contributed by atoms with Crippen LogP contribution in [0.1, 0.15) is 38.6 Å². The van der Waals surface area contributed by atoms with Gasteiger partial charge in [-0.05, 0) is 26.7 Å². The molecule has 1 aliphatic rings. The van der Waals surface area contributed by atoms with E-state index >= 15 is 0 Å². The Kier molecular flexibility index (Phi) is 3.42. The third-order valence-corrected chi connectivity index (χ3v) is 3.10. The van der Waals surface area contributed by atoms with Crippen LogP contribution in [0.4, 0.5) is 0 Å².